The van der Waals surface area contributed by atoms with Gasteiger partial charge in [-0.2, -0.15) is 0 Å². The maximum atomic E-state index is 14.1. The maximum Gasteiger partial charge on any atom is 0.416 e. The van der Waals surface area contributed by atoms with Crippen LogP contribution in [0.3, 0.4) is 0 Å². The molecule has 3 aromatic rings. The van der Waals surface area contributed by atoms with E-state index in [9.17, 15) is 23.1 Å². The van der Waals surface area contributed by atoms with Crippen molar-refractivity contribution in [2.24, 2.45) is 5.73 Å². The summed E-state index contributed by atoms with van der Waals surface area (Å²) in [5, 5.41) is 9.48. The fraction of sp³-hybridized carbons (Fsp3) is 0.379. The summed E-state index contributed by atoms with van der Waals surface area (Å²) in [6.45, 7) is 10.3. The lowest BCUT2D eigenvalue weighted by Gasteiger charge is -2.31. The average molecular weight is 569 g/mol. The molecule has 40 heavy (non-hydrogen) atoms. The molecule has 0 fully saturated rings. The molecule has 0 saturated carbocycles. The number of carboxylic acid groups (broad SMARTS) is 1. The zero-order valence-electron chi connectivity index (χ0n) is 23.6. The Morgan fingerprint density at radius 1 is 1.00 bits per heavy atom. The molecule has 10 nitrogen and oxygen atoms in total. The number of benzene rings is 1. The van der Waals surface area contributed by atoms with Crippen LogP contribution in [0, 0.1) is 0 Å². The molecule has 0 spiro atoms. The van der Waals surface area contributed by atoms with Crippen LogP contribution in [-0.4, -0.2) is 47.7 Å². The molecule has 0 aliphatic carbocycles. The highest BCUT2D eigenvalue weighted by Gasteiger charge is 2.45. The largest absolute Gasteiger partial charge is 0.480 e. The lowest BCUT2D eigenvalue weighted by Crippen LogP contribution is -2.48. The first kappa shape index (κ1) is 30.7. The van der Waals surface area contributed by atoms with Crippen molar-refractivity contribution in [2.45, 2.75) is 68.7 Å². The number of aromatic nitrogens is 2. The third-order valence-electron chi connectivity index (χ3n) is 6.04. The van der Waals surface area contributed by atoms with E-state index in [1.807, 2.05) is 39.0 Å². The van der Waals surface area contributed by atoms with Crippen molar-refractivity contribution in [3.63, 3.8) is 0 Å². The number of aliphatic carboxylic acids is 1. The molecule has 0 radical (unpaired) electrons. The van der Waals surface area contributed by atoms with Gasteiger partial charge in [-0.25, -0.2) is 18.2 Å². The molecule has 11 heteroatoms. The molecule has 1 aromatic carbocycles. The first-order chi connectivity index (χ1) is 18.4. The molecule has 0 aliphatic rings. The van der Waals surface area contributed by atoms with Gasteiger partial charge in [0.15, 0.2) is 4.87 Å². The summed E-state index contributed by atoms with van der Waals surface area (Å²) in [6, 6.07) is 14.7. The van der Waals surface area contributed by atoms with Gasteiger partial charge in [0.2, 0.25) is 9.84 Å². The Morgan fingerprint density at radius 3 is 2.25 bits per heavy atom. The second-order valence-corrected chi connectivity index (χ2v) is 13.8. The summed E-state index contributed by atoms with van der Waals surface area (Å²) in [4.78, 5) is 31.6. The fourth-order valence-corrected chi connectivity index (χ4v) is 5.61. The van der Waals surface area contributed by atoms with Gasteiger partial charge in [0.1, 0.15) is 18.0 Å². The summed E-state index contributed by atoms with van der Waals surface area (Å²) < 4.78 is 33.6. The highest BCUT2D eigenvalue weighted by atomic mass is 32.2. The van der Waals surface area contributed by atoms with Crippen LogP contribution in [0.25, 0.3) is 0 Å². The summed E-state index contributed by atoms with van der Waals surface area (Å²) in [6.07, 6.45) is 1.56. The normalized spacial score (nSPS) is 13.8. The minimum Gasteiger partial charge on any atom is -0.480 e. The van der Waals surface area contributed by atoms with Crippen LogP contribution in [0.5, 0.6) is 0 Å². The van der Waals surface area contributed by atoms with Gasteiger partial charge < -0.3 is 15.6 Å². The van der Waals surface area contributed by atoms with Gasteiger partial charge in [-0.1, -0.05) is 51.1 Å². The third kappa shape index (κ3) is 7.02. The van der Waals surface area contributed by atoms with E-state index in [4.69, 9.17) is 10.5 Å². The first-order valence-corrected chi connectivity index (χ1v) is 14.2. The van der Waals surface area contributed by atoms with E-state index in [1.165, 1.54) is 42.7 Å². The lowest BCUT2D eigenvalue weighted by molar-refractivity contribution is -0.135. The molecule has 3 rings (SSSR count). The van der Waals surface area contributed by atoms with Crippen molar-refractivity contribution < 1.29 is 27.9 Å². The monoisotopic (exact) mass is 568 g/mol. The zero-order valence-corrected chi connectivity index (χ0v) is 24.4. The number of anilines is 1. The van der Waals surface area contributed by atoms with Gasteiger partial charge >= 0.3 is 12.1 Å². The summed E-state index contributed by atoms with van der Waals surface area (Å²) in [5.74, 6) is -1.42. The quantitative estimate of drug-likeness (QED) is 0.402. The van der Waals surface area contributed by atoms with Crippen LogP contribution in [0.2, 0.25) is 0 Å². The molecule has 1 unspecified atom stereocenters. The van der Waals surface area contributed by atoms with Crippen molar-refractivity contribution in [1.82, 2.24) is 9.97 Å². The number of carboxylic acids is 1. The molecule has 0 bridgehead atoms. The van der Waals surface area contributed by atoms with Gasteiger partial charge in [-0.15, -0.1) is 0 Å². The molecular weight excluding hydrogens is 532 g/mol. The van der Waals surface area contributed by atoms with Crippen molar-refractivity contribution in [2.75, 3.05) is 11.4 Å². The standard InChI is InChI=1S/C29H36N4O6S/c1-27(2,3)21-11-7-10-20(16-21)17-29(30,40(37,38)22-12-9-15-31-18-22)23-13-8-14-24(32-23)33(19-25(34)35)26(36)39-28(4,5)6/h7-16,18H,17,19,30H2,1-6H3,(H,34,35). The smallest absolute Gasteiger partial charge is 0.416 e. The van der Waals surface area contributed by atoms with Crippen molar-refractivity contribution >= 4 is 27.7 Å². The van der Waals surface area contributed by atoms with Gasteiger partial charge in [0.05, 0.1) is 10.6 Å². The van der Waals surface area contributed by atoms with E-state index in [-0.39, 0.29) is 28.2 Å². The van der Waals surface area contributed by atoms with E-state index in [0.717, 1.165) is 10.5 Å². The predicted octanol–water partition coefficient (Wildman–Crippen LogP) is 4.43. The Balaban J connectivity index is 2.21. The number of hydrogen-bond donors (Lipinski definition) is 2. The molecule has 0 aliphatic heterocycles. The Labute approximate surface area is 235 Å². The van der Waals surface area contributed by atoms with Crippen LogP contribution in [0.15, 0.2) is 71.9 Å². The molecule has 2 heterocycles. The van der Waals surface area contributed by atoms with Crippen LogP contribution in [0.4, 0.5) is 10.6 Å². The van der Waals surface area contributed by atoms with E-state index in [0.29, 0.717) is 5.56 Å². The molecule has 1 atom stereocenters. The molecule has 214 valence electrons. The van der Waals surface area contributed by atoms with Crippen molar-refractivity contribution in [3.8, 4) is 0 Å². The van der Waals surface area contributed by atoms with E-state index in [1.54, 1.807) is 26.8 Å². The Hall–Kier alpha value is -3.83. The SMILES string of the molecule is CC(C)(C)OC(=O)N(CC(=O)O)c1cccc(C(N)(Cc2cccc(C(C)(C)C)c2)S(=O)(=O)c2cccnc2)n1. The average Bonchev–Trinajstić information content (AvgIpc) is 2.86. The highest BCUT2D eigenvalue weighted by molar-refractivity contribution is 7.92. The van der Waals surface area contributed by atoms with Crippen molar-refractivity contribution in [3.05, 3.63) is 83.8 Å². The van der Waals surface area contributed by atoms with Crippen molar-refractivity contribution in [1.29, 1.82) is 0 Å². The molecule has 0 saturated heterocycles. The number of carbonyl (C=O) groups excluding carboxylic acids is 1. The number of amides is 1. The summed E-state index contributed by atoms with van der Waals surface area (Å²) >= 11 is 0. The number of sulfone groups is 1. The van der Waals surface area contributed by atoms with Crippen LogP contribution >= 0.6 is 0 Å². The molecular formula is C29H36N4O6S. The van der Waals surface area contributed by atoms with E-state index < -0.39 is 38.9 Å². The number of nitrogens with zero attached hydrogens (tertiary/aromatic N) is 3. The predicted molar refractivity (Wildman–Crippen MR) is 152 cm³/mol. The number of ether oxygens (including phenoxy) is 1. The minimum absolute atomic E-state index is 0.0750. The topological polar surface area (TPSA) is 153 Å². The van der Waals surface area contributed by atoms with Gasteiger partial charge in [0.25, 0.3) is 0 Å². The highest BCUT2D eigenvalue weighted by Crippen LogP contribution is 2.35. The summed E-state index contributed by atoms with van der Waals surface area (Å²) in [5.41, 5.74) is 7.30. The second-order valence-electron chi connectivity index (χ2n) is 11.6. The number of carbonyl (C=O) groups is 2. The minimum atomic E-state index is -4.31. The van der Waals surface area contributed by atoms with E-state index >= 15 is 0 Å². The van der Waals surface area contributed by atoms with E-state index in [2.05, 4.69) is 9.97 Å². The fourth-order valence-electron chi connectivity index (χ4n) is 3.99. The molecule has 1 amide bonds. The van der Waals surface area contributed by atoms with Gasteiger partial charge in [-0.05, 0) is 61.6 Å². The Morgan fingerprint density at radius 2 is 1.68 bits per heavy atom. The van der Waals surface area contributed by atoms with Crippen LogP contribution < -0.4 is 10.6 Å². The lowest BCUT2D eigenvalue weighted by atomic mass is 9.85. The number of pyridine rings is 2. The first-order valence-electron chi connectivity index (χ1n) is 12.7. The Kier molecular flexibility index (Phi) is 8.71. The zero-order chi connectivity index (χ0) is 29.9. The summed E-state index contributed by atoms with van der Waals surface area (Å²) in [7, 11) is -4.31. The Bertz CT molecular complexity index is 1480. The van der Waals surface area contributed by atoms with Gasteiger partial charge in [-0.3, -0.25) is 14.7 Å². The molecule has 2 aromatic heterocycles. The van der Waals surface area contributed by atoms with Crippen LogP contribution in [0.1, 0.15) is 58.4 Å². The van der Waals surface area contributed by atoms with Crippen LogP contribution in [-0.2, 0) is 36.1 Å². The second kappa shape index (κ2) is 11.3. The van der Waals surface area contributed by atoms with Gasteiger partial charge in [0, 0.05) is 18.8 Å². The third-order valence-corrected chi connectivity index (χ3v) is 8.21. The number of hydrogen-bond acceptors (Lipinski definition) is 8. The number of rotatable bonds is 8. The number of nitrogens with two attached hydrogens (primary N) is 1. The molecule has 3 N–H and O–H groups in total. The maximum absolute atomic E-state index is 14.1.